The van der Waals surface area contributed by atoms with Crippen LogP contribution in [0.3, 0.4) is 0 Å². The Morgan fingerprint density at radius 3 is 2.19 bits per heavy atom. The molecule has 0 aliphatic heterocycles. The Morgan fingerprint density at radius 2 is 1.81 bits per heavy atom. The van der Waals surface area contributed by atoms with Gasteiger partial charge in [-0.05, 0) is 19.3 Å². The summed E-state index contributed by atoms with van der Waals surface area (Å²) in [5, 5.41) is 13.0. The van der Waals surface area contributed by atoms with Crippen LogP contribution in [0.4, 0.5) is 0 Å². The summed E-state index contributed by atoms with van der Waals surface area (Å²) in [6.07, 6.45) is 2.63. The molecule has 0 saturated heterocycles. The first kappa shape index (κ1) is 14.7. The minimum Gasteiger partial charge on any atom is -0.461 e. The van der Waals surface area contributed by atoms with Crippen molar-refractivity contribution in [3.8, 4) is 0 Å². The lowest BCUT2D eigenvalue weighted by atomic mass is 10.4. The lowest BCUT2D eigenvalue weighted by Gasteiger charge is -2.22. The van der Waals surface area contributed by atoms with Gasteiger partial charge in [-0.3, -0.25) is 0 Å². The summed E-state index contributed by atoms with van der Waals surface area (Å²) >= 11 is 0. The van der Waals surface area contributed by atoms with Crippen LogP contribution in [0.15, 0.2) is 5.10 Å². The van der Waals surface area contributed by atoms with Gasteiger partial charge < -0.3 is 9.64 Å². The van der Waals surface area contributed by atoms with E-state index in [9.17, 15) is 10.1 Å². The van der Waals surface area contributed by atoms with E-state index < -0.39 is 5.03 Å². The Labute approximate surface area is 96.4 Å². The van der Waals surface area contributed by atoms with Gasteiger partial charge in [-0.2, -0.15) is 0 Å². The molecule has 0 aromatic heterocycles. The monoisotopic (exact) mass is 231 g/mol. The van der Waals surface area contributed by atoms with Gasteiger partial charge in [-0.15, -0.1) is 0 Å². The first-order valence-electron chi connectivity index (χ1n) is 5.76. The van der Waals surface area contributed by atoms with Crippen molar-refractivity contribution in [1.29, 1.82) is 0 Å². The molecule has 0 spiro atoms. The summed E-state index contributed by atoms with van der Waals surface area (Å²) in [6, 6.07) is 0.135. The van der Waals surface area contributed by atoms with Gasteiger partial charge in [0.2, 0.25) is 0 Å². The number of hydrogen-bond donors (Lipinski definition) is 0. The zero-order valence-corrected chi connectivity index (χ0v) is 10.3. The minimum atomic E-state index is -0.705. The van der Waals surface area contributed by atoms with Crippen LogP contribution in [0.5, 0.6) is 0 Å². The molecule has 94 valence electrons. The first-order valence-corrected chi connectivity index (χ1v) is 5.76. The normalized spacial score (nSPS) is 11.3. The van der Waals surface area contributed by atoms with E-state index in [1.165, 1.54) is 0 Å². The minimum absolute atomic E-state index is 0.135. The maximum absolute atomic E-state index is 10.4. The van der Waals surface area contributed by atoms with Crippen LogP contribution in [0.2, 0.25) is 0 Å². The largest absolute Gasteiger partial charge is 0.461 e. The Bertz CT molecular complexity index is 225. The van der Waals surface area contributed by atoms with E-state index in [2.05, 4.69) is 5.10 Å². The van der Waals surface area contributed by atoms with Crippen molar-refractivity contribution in [2.24, 2.45) is 5.10 Å². The van der Waals surface area contributed by atoms with Crippen LogP contribution in [-0.2, 0) is 4.74 Å². The van der Waals surface area contributed by atoms with Gasteiger partial charge in [0.25, 0.3) is 0 Å². The number of amidine groups is 1. The lowest BCUT2D eigenvalue weighted by Crippen LogP contribution is -2.35. The third kappa shape index (κ3) is 6.21. The van der Waals surface area contributed by atoms with Gasteiger partial charge in [0, 0.05) is 13.1 Å². The Kier molecular flexibility index (Phi) is 8.19. The quantitative estimate of drug-likeness (QED) is 0.291. The summed E-state index contributed by atoms with van der Waals surface area (Å²) in [7, 11) is 0. The van der Waals surface area contributed by atoms with Gasteiger partial charge in [-0.1, -0.05) is 20.8 Å². The third-order valence-corrected chi connectivity index (χ3v) is 1.86. The zero-order valence-electron chi connectivity index (χ0n) is 10.3. The molecule has 0 saturated carbocycles. The second-order valence-electron chi connectivity index (χ2n) is 3.46. The molecule has 6 heteroatoms. The number of ether oxygens (including phenoxy) is 1. The molecule has 0 atom stereocenters. The highest BCUT2D eigenvalue weighted by Crippen LogP contribution is 2.00. The number of nitrogens with zero attached hydrogens (tertiary/aromatic N) is 3. The number of nitro groups is 1. The Hall–Kier alpha value is -1.33. The standard InChI is InChI=1S/C10H21N3O3/c1-4-7-12(8-5-2)10(11-13(14)15)16-9-6-3/h4-9H2,1-3H3/b11-10-. The fourth-order valence-corrected chi connectivity index (χ4v) is 1.29. The summed E-state index contributed by atoms with van der Waals surface area (Å²) in [5.41, 5.74) is 0. The Morgan fingerprint density at radius 1 is 1.25 bits per heavy atom. The van der Waals surface area contributed by atoms with Crippen molar-refractivity contribution in [1.82, 2.24) is 4.90 Å². The van der Waals surface area contributed by atoms with E-state index >= 15 is 0 Å². The lowest BCUT2D eigenvalue weighted by molar-refractivity contribution is -0.487. The molecular weight excluding hydrogens is 210 g/mol. The van der Waals surface area contributed by atoms with Crippen molar-refractivity contribution in [2.75, 3.05) is 19.7 Å². The highest BCUT2D eigenvalue weighted by atomic mass is 16.7. The van der Waals surface area contributed by atoms with Crippen LogP contribution < -0.4 is 0 Å². The average Bonchev–Trinajstić information content (AvgIpc) is 2.23. The molecular formula is C10H21N3O3. The van der Waals surface area contributed by atoms with Crippen molar-refractivity contribution in [3.05, 3.63) is 10.1 Å². The molecule has 0 heterocycles. The third-order valence-electron chi connectivity index (χ3n) is 1.86. The fraction of sp³-hybridized carbons (Fsp3) is 0.900. The molecule has 16 heavy (non-hydrogen) atoms. The molecule has 6 nitrogen and oxygen atoms in total. The molecule has 0 aliphatic rings. The fourth-order valence-electron chi connectivity index (χ4n) is 1.29. The highest BCUT2D eigenvalue weighted by molar-refractivity contribution is 5.73. The summed E-state index contributed by atoms with van der Waals surface area (Å²) in [6.45, 7) is 7.90. The first-order chi connectivity index (χ1) is 7.65. The van der Waals surface area contributed by atoms with E-state index in [1.54, 1.807) is 0 Å². The molecule has 0 bridgehead atoms. The van der Waals surface area contributed by atoms with Gasteiger partial charge >= 0.3 is 6.02 Å². The summed E-state index contributed by atoms with van der Waals surface area (Å²) < 4.78 is 5.30. The second-order valence-corrected chi connectivity index (χ2v) is 3.46. The van der Waals surface area contributed by atoms with Crippen LogP contribution in [0, 0.1) is 10.1 Å². The molecule has 0 radical (unpaired) electrons. The molecule has 0 unspecified atom stereocenters. The van der Waals surface area contributed by atoms with Crippen LogP contribution in [-0.4, -0.2) is 35.7 Å². The molecule has 0 aromatic carbocycles. The summed E-state index contributed by atoms with van der Waals surface area (Å²) in [4.78, 5) is 12.2. The van der Waals surface area contributed by atoms with Crippen LogP contribution in [0.1, 0.15) is 40.0 Å². The predicted molar refractivity (Wildman–Crippen MR) is 62.8 cm³/mol. The second kappa shape index (κ2) is 8.94. The molecule has 0 fully saturated rings. The van der Waals surface area contributed by atoms with Gasteiger partial charge in [0.05, 0.1) is 6.61 Å². The van der Waals surface area contributed by atoms with Crippen molar-refractivity contribution in [3.63, 3.8) is 0 Å². The SMILES string of the molecule is CCCO/C(=N\[N+](=O)[O-])N(CCC)CCC. The van der Waals surface area contributed by atoms with E-state index in [-0.39, 0.29) is 6.02 Å². The smallest absolute Gasteiger partial charge is 0.361 e. The number of rotatable bonds is 7. The number of hydrazone groups is 1. The molecule has 0 rings (SSSR count). The van der Waals surface area contributed by atoms with E-state index in [4.69, 9.17) is 4.74 Å². The van der Waals surface area contributed by atoms with Crippen LogP contribution >= 0.6 is 0 Å². The van der Waals surface area contributed by atoms with Gasteiger partial charge in [0.15, 0.2) is 5.03 Å². The predicted octanol–water partition coefficient (Wildman–Crippen LogP) is 2.08. The van der Waals surface area contributed by atoms with Crippen molar-refractivity contribution < 1.29 is 9.77 Å². The maximum atomic E-state index is 10.4. The van der Waals surface area contributed by atoms with Crippen molar-refractivity contribution >= 4 is 6.02 Å². The molecule has 0 amide bonds. The maximum Gasteiger partial charge on any atom is 0.361 e. The molecule has 0 aliphatic carbocycles. The van der Waals surface area contributed by atoms with E-state index in [1.807, 2.05) is 25.7 Å². The highest BCUT2D eigenvalue weighted by Gasteiger charge is 2.15. The topological polar surface area (TPSA) is 68.0 Å². The zero-order chi connectivity index (χ0) is 12.4. The van der Waals surface area contributed by atoms with Gasteiger partial charge in [-0.25, -0.2) is 10.1 Å². The summed E-state index contributed by atoms with van der Waals surface area (Å²) in [5.74, 6) is 0. The Balaban J connectivity index is 4.58. The number of hydrogen-bond acceptors (Lipinski definition) is 3. The average molecular weight is 231 g/mol. The molecule has 0 aromatic rings. The van der Waals surface area contributed by atoms with Crippen LogP contribution in [0.25, 0.3) is 0 Å². The molecule has 0 N–H and O–H groups in total. The van der Waals surface area contributed by atoms with Crippen molar-refractivity contribution in [2.45, 2.75) is 40.0 Å². The van der Waals surface area contributed by atoms with E-state index in [0.29, 0.717) is 6.61 Å². The van der Waals surface area contributed by atoms with E-state index in [0.717, 1.165) is 32.4 Å². The van der Waals surface area contributed by atoms with Gasteiger partial charge in [0.1, 0.15) is 5.10 Å².